The van der Waals surface area contributed by atoms with Crippen molar-refractivity contribution >= 4 is 11.6 Å². The number of nitrogens with one attached hydrogen (secondary N) is 2. The van der Waals surface area contributed by atoms with Crippen LogP contribution in [0.4, 0.5) is 5.69 Å². The number of amides is 1. The molecule has 0 unspecified atom stereocenters. The SMILES string of the molecule is CCCCCCCCNc1ccnc(C(=O)NC)c1. The second-order valence-electron chi connectivity index (χ2n) is 4.70. The summed E-state index contributed by atoms with van der Waals surface area (Å²) < 4.78 is 0. The molecular weight excluding hydrogens is 238 g/mol. The van der Waals surface area contributed by atoms with E-state index in [1.807, 2.05) is 6.07 Å². The highest BCUT2D eigenvalue weighted by Crippen LogP contribution is 2.09. The largest absolute Gasteiger partial charge is 0.385 e. The Bertz CT molecular complexity index is 379. The second-order valence-corrected chi connectivity index (χ2v) is 4.70. The fourth-order valence-corrected chi connectivity index (χ4v) is 1.93. The Hall–Kier alpha value is -1.58. The van der Waals surface area contributed by atoms with Gasteiger partial charge in [-0.3, -0.25) is 9.78 Å². The maximum atomic E-state index is 11.4. The summed E-state index contributed by atoms with van der Waals surface area (Å²) in [6, 6.07) is 3.68. The van der Waals surface area contributed by atoms with Gasteiger partial charge in [0.2, 0.25) is 0 Å². The lowest BCUT2D eigenvalue weighted by Gasteiger charge is -2.07. The van der Waals surface area contributed by atoms with Crippen LogP contribution in [0.15, 0.2) is 18.3 Å². The maximum absolute atomic E-state index is 11.4. The number of carbonyl (C=O) groups excluding carboxylic acids is 1. The molecule has 4 nitrogen and oxygen atoms in total. The van der Waals surface area contributed by atoms with Crippen LogP contribution in [0.3, 0.4) is 0 Å². The highest BCUT2D eigenvalue weighted by atomic mass is 16.1. The van der Waals surface area contributed by atoms with Crippen molar-refractivity contribution in [2.24, 2.45) is 0 Å². The third kappa shape index (κ3) is 6.22. The van der Waals surface area contributed by atoms with Gasteiger partial charge in [0.15, 0.2) is 0 Å². The summed E-state index contributed by atoms with van der Waals surface area (Å²) in [4.78, 5) is 15.5. The maximum Gasteiger partial charge on any atom is 0.269 e. The molecule has 4 heteroatoms. The number of anilines is 1. The van der Waals surface area contributed by atoms with E-state index in [0.29, 0.717) is 5.69 Å². The van der Waals surface area contributed by atoms with E-state index < -0.39 is 0 Å². The number of nitrogens with zero attached hydrogens (tertiary/aromatic N) is 1. The van der Waals surface area contributed by atoms with Gasteiger partial charge in [0.25, 0.3) is 5.91 Å². The van der Waals surface area contributed by atoms with Crippen molar-refractivity contribution in [2.45, 2.75) is 45.4 Å². The van der Waals surface area contributed by atoms with Gasteiger partial charge in [0.1, 0.15) is 5.69 Å². The van der Waals surface area contributed by atoms with Gasteiger partial charge < -0.3 is 10.6 Å². The van der Waals surface area contributed by atoms with Crippen LogP contribution >= 0.6 is 0 Å². The number of hydrogen-bond acceptors (Lipinski definition) is 3. The normalized spacial score (nSPS) is 10.2. The monoisotopic (exact) mass is 263 g/mol. The summed E-state index contributed by atoms with van der Waals surface area (Å²) in [5, 5.41) is 5.91. The van der Waals surface area contributed by atoms with E-state index in [0.717, 1.165) is 12.2 Å². The van der Waals surface area contributed by atoms with Gasteiger partial charge in [-0.15, -0.1) is 0 Å². The van der Waals surface area contributed by atoms with Crippen LogP contribution in [0.2, 0.25) is 0 Å². The van der Waals surface area contributed by atoms with Crippen molar-refractivity contribution in [1.29, 1.82) is 0 Å². The third-order valence-electron chi connectivity index (χ3n) is 3.08. The molecule has 0 saturated heterocycles. The topological polar surface area (TPSA) is 54.0 Å². The van der Waals surface area contributed by atoms with E-state index in [1.54, 1.807) is 19.3 Å². The molecule has 1 aromatic heterocycles. The van der Waals surface area contributed by atoms with Gasteiger partial charge in [-0.2, -0.15) is 0 Å². The predicted molar refractivity (Wildman–Crippen MR) is 79.5 cm³/mol. The van der Waals surface area contributed by atoms with Crippen molar-refractivity contribution in [2.75, 3.05) is 18.9 Å². The van der Waals surface area contributed by atoms with Crippen molar-refractivity contribution in [3.8, 4) is 0 Å². The van der Waals surface area contributed by atoms with Gasteiger partial charge in [-0.25, -0.2) is 0 Å². The Morgan fingerprint density at radius 1 is 1.21 bits per heavy atom. The highest BCUT2D eigenvalue weighted by molar-refractivity contribution is 5.92. The van der Waals surface area contributed by atoms with Crippen LogP contribution in [0, 0.1) is 0 Å². The van der Waals surface area contributed by atoms with Crippen LogP contribution in [0.25, 0.3) is 0 Å². The Morgan fingerprint density at radius 2 is 1.95 bits per heavy atom. The average molecular weight is 263 g/mol. The molecule has 1 rings (SSSR count). The first-order valence-electron chi connectivity index (χ1n) is 7.20. The van der Waals surface area contributed by atoms with Crippen LogP contribution in [0.5, 0.6) is 0 Å². The molecule has 0 spiro atoms. The molecule has 106 valence electrons. The van der Waals surface area contributed by atoms with Crippen molar-refractivity contribution < 1.29 is 4.79 Å². The lowest BCUT2D eigenvalue weighted by Crippen LogP contribution is -2.19. The van der Waals surface area contributed by atoms with Crippen LogP contribution in [0.1, 0.15) is 55.9 Å². The summed E-state index contributed by atoms with van der Waals surface area (Å²) in [7, 11) is 1.61. The predicted octanol–water partition coefficient (Wildman–Crippen LogP) is 3.21. The lowest BCUT2D eigenvalue weighted by molar-refractivity contribution is 0.0958. The molecule has 2 N–H and O–H groups in total. The molecule has 1 aromatic rings. The average Bonchev–Trinajstić information content (AvgIpc) is 2.46. The first-order chi connectivity index (χ1) is 9.27. The molecule has 0 fully saturated rings. The molecular formula is C15H25N3O. The zero-order valence-corrected chi connectivity index (χ0v) is 12.0. The van der Waals surface area contributed by atoms with E-state index in [-0.39, 0.29) is 5.91 Å². The van der Waals surface area contributed by atoms with Gasteiger partial charge in [-0.1, -0.05) is 39.0 Å². The fourth-order valence-electron chi connectivity index (χ4n) is 1.93. The number of aromatic nitrogens is 1. The van der Waals surface area contributed by atoms with E-state index in [9.17, 15) is 4.79 Å². The van der Waals surface area contributed by atoms with Crippen LogP contribution < -0.4 is 10.6 Å². The molecule has 0 bridgehead atoms. The summed E-state index contributed by atoms with van der Waals surface area (Å²) in [6.45, 7) is 3.18. The molecule has 19 heavy (non-hydrogen) atoms. The quantitative estimate of drug-likeness (QED) is 0.673. The highest BCUT2D eigenvalue weighted by Gasteiger charge is 2.04. The van der Waals surface area contributed by atoms with Crippen molar-refractivity contribution in [3.05, 3.63) is 24.0 Å². The van der Waals surface area contributed by atoms with E-state index in [2.05, 4.69) is 22.5 Å². The molecule has 0 aromatic carbocycles. The summed E-state index contributed by atoms with van der Waals surface area (Å²) in [5.41, 5.74) is 1.41. The Morgan fingerprint density at radius 3 is 2.68 bits per heavy atom. The Labute approximate surface area is 116 Å². The molecule has 1 amide bonds. The number of carbonyl (C=O) groups is 1. The molecule has 0 aliphatic rings. The van der Waals surface area contributed by atoms with Crippen molar-refractivity contribution in [1.82, 2.24) is 10.3 Å². The van der Waals surface area contributed by atoms with E-state index in [1.165, 1.54) is 38.5 Å². The molecule has 0 radical (unpaired) electrons. The Kier molecular flexibility index (Phi) is 7.63. The molecule has 0 aliphatic heterocycles. The standard InChI is InChI=1S/C15H25N3O/c1-3-4-5-6-7-8-10-17-13-9-11-18-14(12-13)15(19)16-2/h9,11-12H,3-8,10H2,1-2H3,(H,16,19)(H,17,18). The number of hydrogen-bond donors (Lipinski definition) is 2. The molecule has 0 aliphatic carbocycles. The number of pyridine rings is 1. The fraction of sp³-hybridized carbons (Fsp3) is 0.600. The minimum atomic E-state index is -0.150. The zero-order valence-electron chi connectivity index (χ0n) is 12.0. The molecule has 0 saturated carbocycles. The molecule has 0 atom stereocenters. The van der Waals surface area contributed by atoms with Gasteiger partial charge >= 0.3 is 0 Å². The van der Waals surface area contributed by atoms with Gasteiger partial charge in [0.05, 0.1) is 0 Å². The first kappa shape index (κ1) is 15.5. The second kappa shape index (κ2) is 9.36. The summed E-state index contributed by atoms with van der Waals surface area (Å²) >= 11 is 0. The van der Waals surface area contributed by atoms with E-state index in [4.69, 9.17) is 0 Å². The van der Waals surface area contributed by atoms with Crippen LogP contribution in [-0.2, 0) is 0 Å². The minimum absolute atomic E-state index is 0.150. The van der Waals surface area contributed by atoms with E-state index >= 15 is 0 Å². The third-order valence-corrected chi connectivity index (χ3v) is 3.08. The minimum Gasteiger partial charge on any atom is -0.385 e. The smallest absolute Gasteiger partial charge is 0.269 e. The van der Waals surface area contributed by atoms with Gasteiger partial charge in [-0.05, 0) is 18.6 Å². The summed E-state index contributed by atoms with van der Waals surface area (Å²) in [5.74, 6) is -0.150. The van der Waals surface area contributed by atoms with Crippen LogP contribution in [-0.4, -0.2) is 24.5 Å². The number of unbranched alkanes of at least 4 members (excludes halogenated alkanes) is 5. The summed E-state index contributed by atoms with van der Waals surface area (Å²) in [6.07, 6.45) is 9.38. The molecule has 1 heterocycles. The van der Waals surface area contributed by atoms with Crippen molar-refractivity contribution in [3.63, 3.8) is 0 Å². The lowest BCUT2D eigenvalue weighted by atomic mass is 10.1. The van der Waals surface area contributed by atoms with Gasteiger partial charge in [0, 0.05) is 25.5 Å². The number of rotatable bonds is 9. The first-order valence-corrected chi connectivity index (χ1v) is 7.20. The Balaban J connectivity index is 2.24. The zero-order chi connectivity index (χ0) is 13.9.